The number of carboxylic acid groups (broad SMARTS) is 1. The van der Waals surface area contributed by atoms with Crippen molar-refractivity contribution < 1.29 is 24.3 Å². The standard InChI is InChI=1S/C18H22N10O5S3/c1-26(2)4-5-27-18(21-23-24-27)35-7-9-6-34-16-12(15(30)28(16)13(9)17(31)32)19-14(29)11(22-33-3)10-8-36-25-20-10/h8,12,16H,4-7H2,1-3H3,(H,19,29)(H,31,32)/t12?,16-/m1/s1. The number of thioether (sulfide) groups is 2. The Bertz CT molecular complexity index is 1200. The number of aromatic nitrogens is 6. The topological polar surface area (TPSA) is 181 Å². The fraction of sp³-hybridized carbons (Fsp3) is 0.500. The molecule has 1 saturated heterocycles. The fourth-order valence-electron chi connectivity index (χ4n) is 3.45. The average molecular weight is 555 g/mol. The van der Waals surface area contributed by atoms with Gasteiger partial charge in [0.05, 0.1) is 6.54 Å². The van der Waals surface area contributed by atoms with E-state index in [1.165, 1.54) is 40.9 Å². The van der Waals surface area contributed by atoms with E-state index < -0.39 is 29.2 Å². The molecule has 2 aromatic rings. The summed E-state index contributed by atoms with van der Waals surface area (Å²) in [6, 6.07) is -0.918. The van der Waals surface area contributed by atoms with Crippen LogP contribution in [0.3, 0.4) is 0 Å². The molecule has 4 rings (SSSR count). The number of nitrogens with zero attached hydrogens (tertiary/aromatic N) is 9. The molecule has 36 heavy (non-hydrogen) atoms. The third-order valence-corrected chi connectivity index (χ3v) is 8.06. The van der Waals surface area contributed by atoms with Crippen LogP contribution in [-0.4, -0.2) is 119 Å². The van der Waals surface area contributed by atoms with Crippen LogP contribution in [0.4, 0.5) is 0 Å². The molecule has 1 fully saturated rings. The Morgan fingerprint density at radius 2 is 2.19 bits per heavy atom. The van der Waals surface area contributed by atoms with E-state index in [4.69, 9.17) is 4.84 Å². The van der Waals surface area contributed by atoms with Gasteiger partial charge >= 0.3 is 5.97 Å². The zero-order valence-corrected chi connectivity index (χ0v) is 21.8. The highest BCUT2D eigenvalue weighted by Crippen LogP contribution is 2.41. The summed E-state index contributed by atoms with van der Waals surface area (Å²) in [5.74, 6) is -1.74. The summed E-state index contributed by atoms with van der Waals surface area (Å²) in [7, 11) is 5.17. The number of fused-ring (bicyclic) bond motifs is 1. The Balaban J connectivity index is 1.45. The molecule has 15 nitrogen and oxygen atoms in total. The third kappa shape index (κ3) is 5.35. The lowest BCUT2D eigenvalue weighted by molar-refractivity contribution is -0.150. The predicted octanol–water partition coefficient (Wildman–Crippen LogP) is -1.03. The molecule has 18 heteroatoms. The van der Waals surface area contributed by atoms with Crippen molar-refractivity contribution >= 4 is 58.6 Å². The van der Waals surface area contributed by atoms with Gasteiger partial charge in [0.1, 0.15) is 29.9 Å². The largest absolute Gasteiger partial charge is 0.477 e. The van der Waals surface area contributed by atoms with Crippen molar-refractivity contribution in [3.05, 3.63) is 22.3 Å². The number of tetrazole rings is 1. The number of rotatable bonds is 11. The third-order valence-electron chi connectivity index (χ3n) is 5.17. The van der Waals surface area contributed by atoms with Gasteiger partial charge < -0.3 is 20.2 Å². The maximum absolute atomic E-state index is 13.0. The summed E-state index contributed by atoms with van der Waals surface area (Å²) >= 11 is 3.71. The molecule has 0 aliphatic carbocycles. The molecule has 2 atom stereocenters. The molecule has 1 unspecified atom stereocenters. The molecule has 0 aromatic carbocycles. The van der Waals surface area contributed by atoms with Crippen LogP contribution in [0.25, 0.3) is 0 Å². The number of β-lactam (4-membered cyclic amide) rings is 1. The molecule has 4 heterocycles. The van der Waals surface area contributed by atoms with E-state index in [-0.39, 0.29) is 17.1 Å². The minimum atomic E-state index is -1.21. The molecular formula is C18H22N10O5S3. The van der Waals surface area contributed by atoms with Gasteiger partial charge in [0.25, 0.3) is 11.8 Å². The zero-order chi connectivity index (χ0) is 25.8. The molecule has 0 saturated carbocycles. The average Bonchev–Trinajstić information content (AvgIpc) is 3.54. The lowest BCUT2D eigenvalue weighted by atomic mass is 10.0. The molecule has 2 aliphatic heterocycles. The van der Waals surface area contributed by atoms with Gasteiger partial charge in [-0.1, -0.05) is 21.4 Å². The number of hydrogen-bond donors (Lipinski definition) is 2. The van der Waals surface area contributed by atoms with Crippen LogP contribution < -0.4 is 5.32 Å². The molecule has 2 aromatic heterocycles. The smallest absolute Gasteiger partial charge is 0.352 e. The zero-order valence-electron chi connectivity index (χ0n) is 19.4. The van der Waals surface area contributed by atoms with Gasteiger partial charge in [0.2, 0.25) is 5.16 Å². The maximum Gasteiger partial charge on any atom is 0.352 e. The summed E-state index contributed by atoms with van der Waals surface area (Å²) in [6.07, 6.45) is 0. The highest BCUT2D eigenvalue weighted by molar-refractivity contribution is 8.01. The first-order valence-corrected chi connectivity index (χ1v) is 13.3. The first-order valence-electron chi connectivity index (χ1n) is 10.4. The number of likely N-dealkylation sites (N-methyl/N-ethyl adjacent to an activating group) is 1. The normalized spacial score (nSPS) is 19.8. The van der Waals surface area contributed by atoms with Crippen LogP contribution in [-0.2, 0) is 25.8 Å². The van der Waals surface area contributed by atoms with E-state index in [1.807, 2.05) is 19.0 Å². The van der Waals surface area contributed by atoms with E-state index in [2.05, 4.69) is 35.6 Å². The predicted molar refractivity (Wildman–Crippen MR) is 130 cm³/mol. The van der Waals surface area contributed by atoms with Gasteiger partial charge in [0, 0.05) is 23.4 Å². The molecule has 0 bridgehead atoms. The minimum Gasteiger partial charge on any atom is -0.477 e. The van der Waals surface area contributed by atoms with E-state index >= 15 is 0 Å². The van der Waals surface area contributed by atoms with Gasteiger partial charge in [-0.25, -0.2) is 9.48 Å². The number of carboxylic acids is 1. The number of hydrogen-bond acceptors (Lipinski definition) is 14. The maximum atomic E-state index is 13.0. The van der Waals surface area contributed by atoms with Crippen molar-refractivity contribution in [2.45, 2.75) is 23.1 Å². The summed E-state index contributed by atoms with van der Waals surface area (Å²) in [5.41, 5.74) is 0.571. The quantitative estimate of drug-likeness (QED) is 0.149. The van der Waals surface area contributed by atoms with Gasteiger partial charge in [0.15, 0.2) is 5.71 Å². The van der Waals surface area contributed by atoms with Gasteiger partial charge in [-0.15, -0.1) is 22.0 Å². The highest BCUT2D eigenvalue weighted by Gasteiger charge is 2.54. The molecular weight excluding hydrogens is 532 g/mol. The summed E-state index contributed by atoms with van der Waals surface area (Å²) in [5, 5.41) is 33.2. The molecule has 192 valence electrons. The van der Waals surface area contributed by atoms with E-state index in [0.29, 0.717) is 28.8 Å². The summed E-state index contributed by atoms with van der Waals surface area (Å²) in [6.45, 7) is 1.33. The molecule has 0 radical (unpaired) electrons. The summed E-state index contributed by atoms with van der Waals surface area (Å²) < 4.78 is 5.36. The van der Waals surface area contributed by atoms with Crippen molar-refractivity contribution in [2.75, 3.05) is 39.3 Å². The second-order valence-corrected chi connectivity index (χ2v) is 10.5. The van der Waals surface area contributed by atoms with Crippen LogP contribution in [0.15, 0.2) is 27.0 Å². The van der Waals surface area contributed by atoms with Crippen LogP contribution in [0, 0.1) is 0 Å². The second-order valence-electron chi connectivity index (χ2n) is 7.81. The Morgan fingerprint density at radius 1 is 1.39 bits per heavy atom. The minimum absolute atomic E-state index is 0.0800. The molecule has 2 amide bonds. The van der Waals surface area contributed by atoms with Crippen LogP contribution in [0.2, 0.25) is 0 Å². The Kier molecular flexibility index (Phi) is 8.17. The van der Waals surface area contributed by atoms with Crippen LogP contribution in [0.1, 0.15) is 5.69 Å². The first kappa shape index (κ1) is 26.0. The Labute approximate surface area is 217 Å². The number of amides is 2. The molecule has 2 aliphatic rings. The van der Waals surface area contributed by atoms with Gasteiger partial charge in [-0.2, -0.15) is 0 Å². The fourth-order valence-corrected chi connectivity index (χ4v) is 6.28. The number of nitrogens with one attached hydrogen (secondary N) is 1. The van der Waals surface area contributed by atoms with Crippen molar-refractivity contribution in [1.29, 1.82) is 0 Å². The highest BCUT2D eigenvalue weighted by atomic mass is 32.2. The van der Waals surface area contributed by atoms with Crippen LogP contribution in [0.5, 0.6) is 0 Å². The van der Waals surface area contributed by atoms with Crippen LogP contribution >= 0.6 is 35.1 Å². The lowest BCUT2D eigenvalue weighted by Crippen LogP contribution is -2.71. The second kappa shape index (κ2) is 11.3. The first-order chi connectivity index (χ1) is 17.3. The van der Waals surface area contributed by atoms with E-state index in [0.717, 1.165) is 18.1 Å². The van der Waals surface area contributed by atoms with Gasteiger partial charge in [-0.3, -0.25) is 14.5 Å². The lowest BCUT2D eigenvalue weighted by Gasteiger charge is -2.49. The SMILES string of the molecule is CON=C(C(=O)NC1C(=O)N2C(C(=O)O)=C(CSc3nnnn3CCN(C)C)CS[C@H]12)c1csnn1. The van der Waals surface area contributed by atoms with Gasteiger partial charge in [-0.05, 0) is 41.6 Å². The van der Waals surface area contributed by atoms with Crippen molar-refractivity contribution in [3.63, 3.8) is 0 Å². The monoisotopic (exact) mass is 554 g/mol. The number of carbonyl (C=O) groups is 3. The van der Waals surface area contributed by atoms with Crippen molar-refractivity contribution in [2.24, 2.45) is 5.16 Å². The summed E-state index contributed by atoms with van der Waals surface area (Å²) in [4.78, 5) is 45.8. The van der Waals surface area contributed by atoms with Crippen molar-refractivity contribution in [1.82, 2.24) is 44.9 Å². The Morgan fingerprint density at radius 3 is 2.86 bits per heavy atom. The van der Waals surface area contributed by atoms with E-state index in [9.17, 15) is 19.5 Å². The number of oxime groups is 1. The van der Waals surface area contributed by atoms with E-state index in [1.54, 1.807) is 4.68 Å². The Hall–Kier alpha value is -3.09. The molecule has 0 spiro atoms. The van der Waals surface area contributed by atoms with Crippen molar-refractivity contribution in [3.8, 4) is 0 Å². The number of aliphatic carboxylic acids is 1. The molecule has 2 N–H and O–H groups in total. The number of carbonyl (C=O) groups excluding carboxylic acids is 2.